The second-order valence-electron chi connectivity index (χ2n) is 4.22. The Balaban J connectivity index is 2.29. The van der Waals surface area contributed by atoms with Crippen LogP contribution in [-0.4, -0.2) is 22.0 Å². The fraction of sp³-hybridized carbons (Fsp3) is 0.333. The molecule has 1 aromatic carbocycles. The molecule has 2 rings (SSSR count). The molecule has 0 saturated carbocycles. The quantitative estimate of drug-likeness (QED) is 0.877. The van der Waals surface area contributed by atoms with E-state index in [1.807, 2.05) is 0 Å². The summed E-state index contributed by atoms with van der Waals surface area (Å²) in [6, 6.07) is 1.69. The monoisotopic (exact) mass is 286 g/mol. The Hall–Kier alpha value is -1.53. The van der Waals surface area contributed by atoms with Crippen LogP contribution < -0.4 is 5.32 Å². The van der Waals surface area contributed by atoms with Gasteiger partial charge in [-0.05, 0) is 19.2 Å². The van der Waals surface area contributed by atoms with Gasteiger partial charge in [0.15, 0.2) is 0 Å². The van der Waals surface area contributed by atoms with Gasteiger partial charge in [-0.2, -0.15) is 0 Å². The van der Waals surface area contributed by atoms with E-state index in [9.17, 15) is 8.78 Å². The maximum Gasteiger partial charge on any atom is 0.142 e. The third-order valence-electron chi connectivity index (χ3n) is 2.83. The van der Waals surface area contributed by atoms with Gasteiger partial charge in [0.2, 0.25) is 0 Å². The molecule has 0 fully saturated rings. The lowest BCUT2D eigenvalue weighted by atomic mass is 10.0. The van der Waals surface area contributed by atoms with Crippen LogP contribution in [0.15, 0.2) is 18.3 Å². The molecule has 0 aliphatic heterocycles. The fourth-order valence-electron chi connectivity index (χ4n) is 1.87. The first kappa shape index (κ1) is 13.9. The highest BCUT2D eigenvalue weighted by Gasteiger charge is 2.18. The van der Waals surface area contributed by atoms with Gasteiger partial charge < -0.3 is 5.32 Å². The number of nitrogens with zero attached hydrogens (tertiary/aromatic N) is 3. The van der Waals surface area contributed by atoms with Gasteiger partial charge in [0.05, 0.1) is 10.7 Å². The van der Waals surface area contributed by atoms with Crippen molar-refractivity contribution in [2.45, 2.75) is 12.5 Å². The molecule has 19 heavy (non-hydrogen) atoms. The summed E-state index contributed by atoms with van der Waals surface area (Å²) in [5.41, 5.74) is 0.909. The predicted octanol–water partition coefficient (Wildman–Crippen LogP) is 2.25. The molecule has 1 aromatic heterocycles. The summed E-state index contributed by atoms with van der Waals surface area (Å²) in [7, 11) is 3.42. The lowest BCUT2D eigenvalue weighted by Crippen LogP contribution is -2.20. The zero-order valence-corrected chi connectivity index (χ0v) is 11.2. The van der Waals surface area contributed by atoms with Crippen molar-refractivity contribution in [3.05, 3.63) is 46.2 Å². The molecule has 0 spiro atoms. The molecule has 0 amide bonds. The molecule has 7 heteroatoms. The third-order valence-corrected chi connectivity index (χ3v) is 3.12. The Morgan fingerprint density at radius 2 is 2.11 bits per heavy atom. The van der Waals surface area contributed by atoms with Crippen molar-refractivity contribution < 1.29 is 8.78 Å². The maximum absolute atomic E-state index is 13.8. The molecular formula is C12H13ClF2N4. The van der Waals surface area contributed by atoms with E-state index in [1.165, 1.54) is 0 Å². The van der Waals surface area contributed by atoms with Crippen LogP contribution in [0, 0.1) is 11.6 Å². The Kier molecular flexibility index (Phi) is 4.11. The molecule has 0 bridgehead atoms. The van der Waals surface area contributed by atoms with Crippen LogP contribution in [0.1, 0.15) is 17.3 Å². The van der Waals surface area contributed by atoms with Crippen LogP contribution in [0.3, 0.4) is 0 Å². The zero-order chi connectivity index (χ0) is 14.0. The highest BCUT2D eigenvalue weighted by molar-refractivity contribution is 6.30. The Morgan fingerprint density at radius 3 is 2.68 bits per heavy atom. The van der Waals surface area contributed by atoms with E-state index in [0.717, 1.165) is 12.1 Å². The lowest BCUT2D eigenvalue weighted by Gasteiger charge is -2.16. The van der Waals surface area contributed by atoms with Crippen LogP contribution in [0.4, 0.5) is 8.78 Å². The van der Waals surface area contributed by atoms with Gasteiger partial charge in [-0.1, -0.05) is 16.8 Å². The van der Waals surface area contributed by atoms with Crippen LogP contribution >= 0.6 is 11.6 Å². The molecule has 0 aliphatic rings. The molecule has 102 valence electrons. The van der Waals surface area contributed by atoms with Crippen molar-refractivity contribution in [3.63, 3.8) is 0 Å². The Morgan fingerprint density at radius 1 is 1.37 bits per heavy atom. The summed E-state index contributed by atoms with van der Waals surface area (Å²) in [4.78, 5) is 0. The average Bonchev–Trinajstić information content (AvgIpc) is 2.77. The molecule has 1 N–H and O–H groups in total. The smallest absolute Gasteiger partial charge is 0.142 e. The summed E-state index contributed by atoms with van der Waals surface area (Å²) in [5.74, 6) is -1.19. The first-order valence-electron chi connectivity index (χ1n) is 5.68. The number of rotatable bonds is 4. The van der Waals surface area contributed by atoms with Crippen molar-refractivity contribution in [1.29, 1.82) is 0 Å². The summed E-state index contributed by atoms with van der Waals surface area (Å²) in [6.45, 7) is 0. The molecule has 1 unspecified atom stereocenters. The minimum atomic E-state index is -0.641. The third kappa shape index (κ3) is 3.08. The van der Waals surface area contributed by atoms with E-state index >= 15 is 0 Å². The van der Waals surface area contributed by atoms with E-state index in [-0.39, 0.29) is 10.6 Å². The first-order chi connectivity index (χ1) is 9.01. The normalized spacial score (nSPS) is 12.7. The minimum Gasteiger partial charge on any atom is -0.313 e. The van der Waals surface area contributed by atoms with Crippen LogP contribution in [-0.2, 0) is 13.5 Å². The van der Waals surface area contributed by atoms with E-state index in [1.54, 1.807) is 25.0 Å². The molecule has 1 heterocycles. The lowest BCUT2D eigenvalue weighted by molar-refractivity contribution is 0.519. The molecule has 0 aliphatic carbocycles. The van der Waals surface area contributed by atoms with Gasteiger partial charge in [-0.15, -0.1) is 5.10 Å². The number of hydrogen-bond donors (Lipinski definition) is 1. The second-order valence-corrected chi connectivity index (χ2v) is 4.62. The van der Waals surface area contributed by atoms with Crippen molar-refractivity contribution in [1.82, 2.24) is 20.3 Å². The average molecular weight is 287 g/mol. The van der Waals surface area contributed by atoms with E-state index < -0.39 is 17.7 Å². The predicted molar refractivity (Wildman–Crippen MR) is 67.9 cm³/mol. The van der Waals surface area contributed by atoms with Crippen LogP contribution in [0.5, 0.6) is 0 Å². The molecule has 1 atom stereocenters. The van der Waals surface area contributed by atoms with Crippen molar-refractivity contribution in [2.75, 3.05) is 7.05 Å². The number of nitrogens with one attached hydrogen (secondary N) is 1. The minimum absolute atomic E-state index is 0.218. The topological polar surface area (TPSA) is 42.7 Å². The summed E-state index contributed by atoms with van der Waals surface area (Å²) < 4.78 is 28.8. The summed E-state index contributed by atoms with van der Waals surface area (Å²) in [5, 5.41) is 10.4. The number of likely N-dealkylation sites (N-methyl/N-ethyl adjacent to an activating group) is 1. The fourth-order valence-corrected chi connectivity index (χ4v) is 2.02. The van der Waals surface area contributed by atoms with Crippen LogP contribution in [0.2, 0.25) is 5.02 Å². The largest absolute Gasteiger partial charge is 0.313 e. The summed E-state index contributed by atoms with van der Waals surface area (Å²) >= 11 is 5.54. The van der Waals surface area contributed by atoms with Gasteiger partial charge >= 0.3 is 0 Å². The van der Waals surface area contributed by atoms with Gasteiger partial charge in [-0.25, -0.2) is 8.78 Å². The highest BCUT2D eigenvalue weighted by Crippen LogP contribution is 2.25. The molecule has 2 aromatic rings. The molecule has 4 nitrogen and oxygen atoms in total. The number of benzene rings is 1. The molecule has 0 saturated heterocycles. The van der Waals surface area contributed by atoms with Gasteiger partial charge in [0.25, 0.3) is 0 Å². The maximum atomic E-state index is 13.8. The first-order valence-corrected chi connectivity index (χ1v) is 6.06. The zero-order valence-electron chi connectivity index (χ0n) is 10.5. The van der Waals surface area contributed by atoms with Gasteiger partial charge in [-0.3, -0.25) is 4.68 Å². The van der Waals surface area contributed by atoms with E-state index in [4.69, 9.17) is 11.6 Å². The van der Waals surface area contributed by atoms with E-state index in [2.05, 4.69) is 15.6 Å². The van der Waals surface area contributed by atoms with E-state index in [0.29, 0.717) is 12.1 Å². The molecule has 0 radical (unpaired) electrons. The number of aryl methyl sites for hydroxylation is 1. The van der Waals surface area contributed by atoms with Crippen LogP contribution in [0.25, 0.3) is 0 Å². The Labute approximate surface area is 114 Å². The number of hydrogen-bond acceptors (Lipinski definition) is 3. The van der Waals surface area contributed by atoms with Gasteiger partial charge in [0.1, 0.15) is 11.6 Å². The van der Waals surface area contributed by atoms with Crippen molar-refractivity contribution >= 4 is 11.6 Å². The molecular weight excluding hydrogens is 274 g/mol. The summed E-state index contributed by atoms with van der Waals surface area (Å²) in [6.07, 6.45) is 2.14. The highest BCUT2D eigenvalue weighted by atomic mass is 35.5. The van der Waals surface area contributed by atoms with Crippen molar-refractivity contribution in [3.8, 4) is 0 Å². The Bertz CT molecular complexity index is 585. The van der Waals surface area contributed by atoms with Crippen molar-refractivity contribution in [2.24, 2.45) is 7.05 Å². The van der Waals surface area contributed by atoms with Gasteiger partial charge in [0, 0.05) is 31.3 Å². The number of aromatic nitrogens is 3. The standard InChI is InChI=1S/C12H13ClF2N4/c1-16-12(3-7-6-19(2)18-17-7)8-4-11(15)9(13)5-10(8)14/h4-6,12,16H,3H2,1-2H3. The second kappa shape index (κ2) is 5.63. The SMILES string of the molecule is CNC(Cc1cn(C)nn1)c1cc(F)c(Cl)cc1F. The number of halogens is 3.